The molecule has 0 unspecified atom stereocenters. The number of carbonyl (C=O) groups is 2. The lowest BCUT2D eigenvalue weighted by Crippen LogP contribution is -2.32. The highest BCUT2D eigenvalue weighted by atomic mass is 32.2. The third-order valence-corrected chi connectivity index (χ3v) is 6.17. The summed E-state index contributed by atoms with van der Waals surface area (Å²) in [7, 11) is 0. The number of nitrogens with one attached hydrogen (secondary N) is 1. The number of hydrogen-bond donors (Lipinski definition) is 1. The maximum absolute atomic E-state index is 12.2. The summed E-state index contributed by atoms with van der Waals surface area (Å²) >= 11 is 3.28. The van der Waals surface area contributed by atoms with Crippen molar-refractivity contribution in [3.8, 4) is 11.5 Å². The molecule has 2 aromatic carbocycles. The van der Waals surface area contributed by atoms with Gasteiger partial charge in [-0.2, -0.15) is 0 Å². The molecule has 0 aliphatic carbocycles. The van der Waals surface area contributed by atoms with Gasteiger partial charge in [0.1, 0.15) is 18.1 Å². The van der Waals surface area contributed by atoms with E-state index in [4.69, 9.17) is 14.2 Å². The first-order chi connectivity index (χ1) is 16.0. The number of benzene rings is 2. The third kappa shape index (κ3) is 8.43. The van der Waals surface area contributed by atoms with Crippen LogP contribution in [0.15, 0.2) is 58.8 Å². The predicted molar refractivity (Wildman–Crippen MR) is 129 cm³/mol. The van der Waals surface area contributed by atoms with Crippen LogP contribution in [0.2, 0.25) is 0 Å². The van der Waals surface area contributed by atoms with Gasteiger partial charge in [0.2, 0.25) is 0 Å². The predicted octanol–water partition coefficient (Wildman–Crippen LogP) is 4.49. The Hall–Kier alpha value is -3.04. The van der Waals surface area contributed by atoms with E-state index in [-0.39, 0.29) is 12.5 Å². The van der Waals surface area contributed by atoms with Gasteiger partial charge in [-0.1, -0.05) is 0 Å². The van der Waals surface area contributed by atoms with E-state index in [0.717, 1.165) is 27.1 Å². The van der Waals surface area contributed by atoms with Gasteiger partial charge in [-0.05, 0) is 62.4 Å². The van der Waals surface area contributed by atoms with Crippen molar-refractivity contribution in [2.75, 3.05) is 26.4 Å². The summed E-state index contributed by atoms with van der Waals surface area (Å²) in [5, 5.41) is 5.76. The van der Waals surface area contributed by atoms with Crippen molar-refractivity contribution in [1.29, 1.82) is 0 Å². The normalized spacial score (nSPS) is 10.5. The van der Waals surface area contributed by atoms with Crippen molar-refractivity contribution in [1.82, 2.24) is 10.3 Å². The van der Waals surface area contributed by atoms with Gasteiger partial charge in [-0.3, -0.25) is 4.79 Å². The van der Waals surface area contributed by atoms with E-state index in [2.05, 4.69) is 10.3 Å². The number of hydrogen-bond acceptors (Lipinski definition) is 8. The number of thioether (sulfide) groups is 1. The summed E-state index contributed by atoms with van der Waals surface area (Å²) in [5.74, 6) is 1.31. The monoisotopic (exact) mass is 486 g/mol. The lowest BCUT2D eigenvalue weighted by atomic mass is 10.2. The maximum Gasteiger partial charge on any atom is 0.338 e. The Labute approximate surface area is 201 Å². The first-order valence-corrected chi connectivity index (χ1v) is 12.3. The molecule has 0 atom stereocenters. The Balaban J connectivity index is 1.32. The van der Waals surface area contributed by atoms with Crippen molar-refractivity contribution < 1.29 is 23.8 Å². The number of thiazole rings is 1. The number of carbonyl (C=O) groups excluding carboxylic acids is 2. The van der Waals surface area contributed by atoms with E-state index in [1.54, 1.807) is 47.4 Å². The van der Waals surface area contributed by atoms with E-state index in [9.17, 15) is 9.59 Å². The Morgan fingerprint density at radius 1 is 1.03 bits per heavy atom. The molecule has 0 aliphatic rings. The number of amides is 1. The molecule has 9 heteroatoms. The van der Waals surface area contributed by atoms with Crippen LogP contribution in [0.3, 0.4) is 0 Å². The minimum absolute atomic E-state index is 0.299. The summed E-state index contributed by atoms with van der Waals surface area (Å²) in [5.41, 5.74) is 1.44. The van der Waals surface area contributed by atoms with Crippen LogP contribution >= 0.6 is 23.1 Å². The van der Waals surface area contributed by atoms with Crippen LogP contribution in [0, 0.1) is 6.92 Å². The largest absolute Gasteiger partial charge is 0.494 e. The van der Waals surface area contributed by atoms with Gasteiger partial charge in [-0.15, -0.1) is 23.1 Å². The van der Waals surface area contributed by atoms with Gasteiger partial charge in [0.05, 0.1) is 29.4 Å². The highest BCUT2D eigenvalue weighted by Gasteiger charge is 2.10. The lowest BCUT2D eigenvalue weighted by molar-refractivity contribution is -0.124. The van der Waals surface area contributed by atoms with E-state index in [1.807, 2.05) is 43.5 Å². The zero-order chi connectivity index (χ0) is 23.5. The molecule has 0 fully saturated rings. The molecule has 0 spiro atoms. The summed E-state index contributed by atoms with van der Waals surface area (Å²) in [4.78, 5) is 29.6. The molecule has 7 nitrogen and oxygen atoms in total. The van der Waals surface area contributed by atoms with Gasteiger partial charge >= 0.3 is 5.97 Å². The molecule has 3 aromatic rings. The molecule has 1 N–H and O–H groups in total. The Morgan fingerprint density at radius 2 is 1.73 bits per heavy atom. The number of aryl methyl sites for hydroxylation is 1. The number of esters is 1. The fourth-order valence-corrected chi connectivity index (χ4v) is 4.25. The van der Waals surface area contributed by atoms with Crippen LogP contribution in [0.1, 0.15) is 28.0 Å². The van der Waals surface area contributed by atoms with Crippen molar-refractivity contribution in [2.24, 2.45) is 0 Å². The fraction of sp³-hybridized carbons (Fsp3) is 0.292. The van der Waals surface area contributed by atoms with E-state index >= 15 is 0 Å². The topological polar surface area (TPSA) is 86.8 Å². The lowest BCUT2D eigenvalue weighted by Gasteiger charge is -2.09. The number of nitrogens with zero attached hydrogens (tertiary/aromatic N) is 1. The zero-order valence-corrected chi connectivity index (χ0v) is 20.2. The maximum atomic E-state index is 12.2. The second kappa shape index (κ2) is 12.9. The minimum Gasteiger partial charge on any atom is -0.494 e. The molecular weight excluding hydrogens is 460 g/mol. The molecule has 1 heterocycles. The first-order valence-electron chi connectivity index (χ1n) is 10.5. The summed E-state index contributed by atoms with van der Waals surface area (Å²) in [6.45, 7) is 4.76. The summed E-state index contributed by atoms with van der Waals surface area (Å²) in [6.07, 6.45) is 0. The fourth-order valence-electron chi connectivity index (χ4n) is 2.74. The van der Waals surface area contributed by atoms with Crippen LogP contribution in [0.25, 0.3) is 0 Å². The van der Waals surface area contributed by atoms with Gasteiger partial charge < -0.3 is 19.5 Å². The van der Waals surface area contributed by atoms with Crippen LogP contribution < -0.4 is 14.8 Å². The Kier molecular flexibility index (Phi) is 9.59. The van der Waals surface area contributed by atoms with Gasteiger partial charge in [0.15, 0.2) is 6.61 Å². The molecule has 0 radical (unpaired) electrons. The van der Waals surface area contributed by atoms with Crippen molar-refractivity contribution in [3.63, 3.8) is 0 Å². The summed E-state index contributed by atoms with van der Waals surface area (Å²) in [6, 6.07) is 14.4. The van der Waals surface area contributed by atoms with E-state index < -0.39 is 5.97 Å². The highest BCUT2D eigenvalue weighted by molar-refractivity contribution is 7.98. The standard InChI is InChI=1S/C24H26N2O5S2/c1-3-29-20-6-8-21(9-7-20)30-13-12-25-23(27)14-31-24(28)18-4-10-22(11-5-18)33-16-19-15-32-17(2)26-19/h4-11,15H,3,12-14,16H2,1-2H3,(H,25,27). The van der Waals surface area contributed by atoms with Gasteiger partial charge in [0, 0.05) is 16.0 Å². The number of ether oxygens (including phenoxy) is 3. The van der Waals surface area contributed by atoms with Gasteiger partial charge in [-0.25, -0.2) is 9.78 Å². The highest BCUT2D eigenvalue weighted by Crippen LogP contribution is 2.24. The molecule has 174 valence electrons. The number of aromatic nitrogens is 1. The summed E-state index contributed by atoms with van der Waals surface area (Å²) < 4.78 is 16.0. The van der Waals surface area contributed by atoms with Crippen molar-refractivity contribution in [2.45, 2.75) is 24.5 Å². The molecule has 0 saturated heterocycles. The molecule has 3 rings (SSSR count). The molecule has 33 heavy (non-hydrogen) atoms. The average Bonchev–Trinajstić information content (AvgIpc) is 3.25. The molecule has 1 amide bonds. The molecular formula is C24H26N2O5S2. The third-order valence-electron chi connectivity index (χ3n) is 4.31. The Bertz CT molecular complexity index is 1040. The van der Waals surface area contributed by atoms with Crippen molar-refractivity contribution in [3.05, 3.63) is 70.2 Å². The second-order valence-corrected chi connectivity index (χ2v) is 8.96. The minimum atomic E-state index is -0.539. The molecule has 0 aliphatic heterocycles. The van der Waals surface area contributed by atoms with E-state index in [1.165, 1.54) is 0 Å². The smallest absolute Gasteiger partial charge is 0.338 e. The zero-order valence-electron chi connectivity index (χ0n) is 18.5. The van der Waals surface area contributed by atoms with E-state index in [0.29, 0.717) is 31.1 Å². The first kappa shape index (κ1) is 24.6. The quantitative estimate of drug-likeness (QED) is 0.229. The Morgan fingerprint density at radius 3 is 2.36 bits per heavy atom. The van der Waals surface area contributed by atoms with Crippen LogP contribution in [0.5, 0.6) is 11.5 Å². The van der Waals surface area contributed by atoms with Crippen molar-refractivity contribution >= 4 is 35.0 Å². The van der Waals surface area contributed by atoms with Crippen LogP contribution in [-0.2, 0) is 15.3 Å². The van der Waals surface area contributed by atoms with Crippen LogP contribution in [0.4, 0.5) is 0 Å². The molecule has 0 bridgehead atoms. The SMILES string of the molecule is CCOc1ccc(OCCNC(=O)COC(=O)c2ccc(SCc3csc(C)n3)cc2)cc1. The molecule has 0 saturated carbocycles. The number of rotatable bonds is 12. The second-order valence-electron chi connectivity index (χ2n) is 6.85. The molecule has 1 aromatic heterocycles. The van der Waals surface area contributed by atoms with Crippen LogP contribution in [-0.4, -0.2) is 43.2 Å². The average molecular weight is 487 g/mol. The van der Waals surface area contributed by atoms with Gasteiger partial charge in [0.25, 0.3) is 5.91 Å².